The van der Waals surface area contributed by atoms with Crippen molar-refractivity contribution in [3.05, 3.63) is 45.4 Å². The molecule has 0 bridgehead atoms. The maximum absolute atomic E-state index is 12.4. The Morgan fingerprint density at radius 3 is 2.60 bits per heavy atom. The van der Waals surface area contributed by atoms with Gasteiger partial charge >= 0.3 is 5.51 Å². The summed E-state index contributed by atoms with van der Waals surface area (Å²) >= 11 is 6.51. The van der Waals surface area contributed by atoms with E-state index in [9.17, 15) is 22.2 Å². The third-order valence-electron chi connectivity index (χ3n) is 2.22. The van der Waals surface area contributed by atoms with Gasteiger partial charge in [-0.2, -0.15) is 13.2 Å². The Morgan fingerprint density at radius 2 is 2.05 bits per heavy atom. The van der Waals surface area contributed by atoms with Crippen molar-refractivity contribution in [3.8, 4) is 0 Å². The van der Waals surface area contributed by atoms with E-state index in [2.05, 4.69) is 4.98 Å². The summed E-state index contributed by atoms with van der Waals surface area (Å²) in [6, 6.07) is 4.60. The molecule has 0 aliphatic rings. The van der Waals surface area contributed by atoms with Gasteiger partial charge < -0.3 is 0 Å². The SMILES string of the molecule is O=C(c1cccc(S(=O)C(F)(F)F)c1)c1cnc(Cl)s1. The summed E-state index contributed by atoms with van der Waals surface area (Å²) in [5.74, 6) is -0.518. The number of halogens is 4. The lowest BCUT2D eigenvalue weighted by Gasteiger charge is -2.07. The highest BCUT2D eigenvalue weighted by Gasteiger charge is 2.38. The normalized spacial score (nSPS) is 13.2. The van der Waals surface area contributed by atoms with Crippen LogP contribution in [0.4, 0.5) is 13.2 Å². The van der Waals surface area contributed by atoms with Crippen molar-refractivity contribution in [2.24, 2.45) is 0 Å². The molecular weight excluding hydrogens is 335 g/mol. The molecule has 1 heterocycles. The van der Waals surface area contributed by atoms with Gasteiger partial charge in [0.25, 0.3) is 0 Å². The molecule has 9 heteroatoms. The van der Waals surface area contributed by atoms with Crippen molar-refractivity contribution in [1.29, 1.82) is 0 Å². The summed E-state index contributed by atoms with van der Waals surface area (Å²) in [7, 11) is -3.17. The van der Waals surface area contributed by atoms with E-state index < -0.39 is 27.0 Å². The number of ketones is 1. The average Bonchev–Trinajstić information content (AvgIpc) is 2.82. The van der Waals surface area contributed by atoms with Crippen LogP contribution in [0.2, 0.25) is 4.47 Å². The third-order valence-corrected chi connectivity index (χ3v) is 4.44. The van der Waals surface area contributed by atoms with Crippen LogP contribution in [0.25, 0.3) is 0 Å². The molecule has 0 saturated carbocycles. The molecule has 0 spiro atoms. The Labute approximate surface area is 122 Å². The highest BCUT2D eigenvalue weighted by atomic mass is 35.5. The predicted molar refractivity (Wildman–Crippen MR) is 69.5 cm³/mol. The monoisotopic (exact) mass is 339 g/mol. The van der Waals surface area contributed by atoms with Crippen LogP contribution >= 0.6 is 22.9 Å². The second kappa shape index (κ2) is 5.63. The summed E-state index contributed by atoms with van der Waals surface area (Å²) in [6.07, 6.45) is 1.24. The van der Waals surface area contributed by atoms with Crippen LogP contribution in [0.15, 0.2) is 35.4 Å². The largest absolute Gasteiger partial charge is 0.475 e. The van der Waals surface area contributed by atoms with E-state index in [0.29, 0.717) is 0 Å². The molecule has 1 atom stereocenters. The van der Waals surface area contributed by atoms with Crippen LogP contribution in [-0.4, -0.2) is 20.5 Å². The van der Waals surface area contributed by atoms with Crippen LogP contribution in [0.1, 0.15) is 15.2 Å². The molecule has 0 aliphatic carbocycles. The minimum Gasteiger partial charge on any atom is -0.288 e. The first-order valence-electron chi connectivity index (χ1n) is 5.04. The summed E-state index contributed by atoms with van der Waals surface area (Å²) in [5.41, 5.74) is -4.87. The van der Waals surface area contributed by atoms with Gasteiger partial charge in [0.1, 0.15) is 0 Å². The number of nitrogens with zero attached hydrogens (tertiary/aromatic N) is 1. The standard InChI is InChI=1S/C11H5ClF3NO2S2/c12-10-16-5-8(19-10)9(17)6-2-1-3-7(4-6)20(18)11(13,14)15/h1-5H. The van der Waals surface area contributed by atoms with E-state index in [4.69, 9.17) is 11.6 Å². The molecule has 0 radical (unpaired) electrons. The Morgan fingerprint density at radius 1 is 1.35 bits per heavy atom. The van der Waals surface area contributed by atoms with E-state index in [-0.39, 0.29) is 14.9 Å². The Kier molecular flexibility index (Phi) is 4.26. The fourth-order valence-electron chi connectivity index (χ4n) is 1.39. The van der Waals surface area contributed by atoms with Crippen LogP contribution in [0.3, 0.4) is 0 Å². The molecule has 0 aliphatic heterocycles. The minimum absolute atomic E-state index is 0.000386. The van der Waals surface area contributed by atoms with Gasteiger partial charge in [-0.1, -0.05) is 35.1 Å². The zero-order valence-corrected chi connectivity index (χ0v) is 11.9. The molecule has 1 unspecified atom stereocenters. The summed E-state index contributed by atoms with van der Waals surface area (Å²) < 4.78 is 48.5. The molecule has 0 N–H and O–H groups in total. The van der Waals surface area contributed by atoms with Gasteiger partial charge in [0.05, 0.1) is 11.1 Å². The van der Waals surface area contributed by atoms with Crippen molar-refractivity contribution < 1.29 is 22.2 Å². The van der Waals surface area contributed by atoms with Gasteiger partial charge in [-0.25, -0.2) is 9.19 Å². The van der Waals surface area contributed by atoms with Crippen molar-refractivity contribution in [2.75, 3.05) is 0 Å². The highest BCUT2D eigenvalue weighted by Crippen LogP contribution is 2.27. The van der Waals surface area contributed by atoms with Gasteiger partial charge in [0.15, 0.2) is 15.3 Å². The summed E-state index contributed by atoms with van der Waals surface area (Å²) in [5, 5.41) is 0. The minimum atomic E-state index is -4.87. The molecule has 106 valence electrons. The van der Waals surface area contributed by atoms with Crippen LogP contribution in [0.5, 0.6) is 0 Å². The molecule has 1 aromatic heterocycles. The third kappa shape index (κ3) is 3.25. The van der Waals surface area contributed by atoms with Crippen molar-refractivity contribution in [3.63, 3.8) is 0 Å². The van der Waals surface area contributed by atoms with Crippen molar-refractivity contribution >= 4 is 39.5 Å². The Balaban J connectivity index is 2.35. The molecule has 0 saturated heterocycles. The molecule has 0 amide bonds. The second-order valence-corrected chi connectivity index (χ2v) is 6.63. The van der Waals surface area contributed by atoms with Crippen LogP contribution < -0.4 is 0 Å². The number of thiazole rings is 1. The number of rotatable bonds is 3. The van der Waals surface area contributed by atoms with Gasteiger partial charge in [-0.15, -0.1) is 0 Å². The number of alkyl halides is 3. The molecule has 0 fully saturated rings. The maximum Gasteiger partial charge on any atom is 0.475 e. The predicted octanol–water partition coefficient (Wildman–Crippen LogP) is 3.65. The highest BCUT2D eigenvalue weighted by molar-refractivity contribution is 7.86. The number of hydrogen-bond acceptors (Lipinski definition) is 4. The number of carbonyl (C=O) groups is 1. The summed E-state index contributed by atoms with van der Waals surface area (Å²) in [6.45, 7) is 0. The first-order chi connectivity index (χ1) is 9.29. The second-order valence-electron chi connectivity index (χ2n) is 3.55. The molecule has 20 heavy (non-hydrogen) atoms. The topological polar surface area (TPSA) is 47.0 Å². The van der Waals surface area contributed by atoms with E-state index in [1.165, 1.54) is 18.3 Å². The average molecular weight is 340 g/mol. The van der Waals surface area contributed by atoms with Gasteiger partial charge in [-0.05, 0) is 12.1 Å². The fourth-order valence-corrected chi connectivity index (χ4v) is 2.99. The zero-order chi connectivity index (χ0) is 14.9. The first kappa shape index (κ1) is 15.1. The number of aromatic nitrogens is 1. The Hall–Kier alpha value is -1.25. The van der Waals surface area contributed by atoms with Crippen molar-refractivity contribution in [1.82, 2.24) is 4.98 Å². The zero-order valence-electron chi connectivity index (χ0n) is 9.48. The first-order valence-corrected chi connectivity index (χ1v) is 7.38. The fraction of sp³-hybridized carbons (Fsp3) is 0.0909. The lowest BCUT2D eigenvalue weighted by molar-refractivity contribution is -0.0384. The van der Waals surface area contributed by atoms with Gasteiger partial charge in [0, 0.05) is 10.5 Å². The maximum atomic E-state index is 12.4. The van der Waals surface area contributed by atoms with E-state index >= 15 is 0 Å². The smallest absolute Gasteiger partial charge is 0.288 e. The summed E-state index contributed by atoms with van der Waals surface area (Å²) in [4.78, 5) is 15.4. The number of benzene rings is 1. The molecule has 2 rings (SSSR count). The van der Waals surface area contributed by atoms with Gasteiger partial charge in [-0.3, -0.25) is 4.79 Å². The van der Waals surface area contributed by atoms with Crippen molar-refractivity contribution in [2.45, 2.75) is 10.4 Å². The molecule has 3 nitrogen and oxygen atoms in total. The number of hydrogen-bond donors (Lipinski definition) is 0. The Bertz CT molecular complexity index is 684. The molecule has 2 aromatic rings. The lowest BCUT2D eigenvalue weighted by atomic mass is 10.1. The quantitative estimate of drug-likeness (QED) is 0.802. The van der Waals surface area contributed by atoms with E-state index in [0.717, 1.165) is 23.5 Å². The van der Waals surface area contributed by atoms with E-state index in [1.807, 2.05) is 0 Å². The van der Waals surface area contributed by atoms with Crippen LogP contribution in [0, 0.1) is 0 Å². The van der Waals surface area contributed by atoms with Crippen LogP contribution in [-0.2, 0) is 10.8 Å². The lowest BCUT2D eigenvalue weighted by Crippen LogP contribution is -2.16. The molecular formula is C11H5ClF3NO2S2. The van der Waals surface area contributed by atoms with E-state index in [1.54, 1.807) is 0 Å². The van der Waals surface area contributed by atoms with Gasteiger partial charge in [0.2, 0.25) is 5.78 Å². The molecule has 1 aromatic carbocycles. The number of carbonyl (C=O) groups excluding carboxylic acids is 1.